The highest BCUT2D eigenvalue weighted by Gasteiger charge is 2.33. The lowest BCUT2D eigenvalue weighted by atomic mass is 10.0. The van der Waals surface area contributed by atoms with Gasteiger partial charge in [0, 0.05) is 4.90 Å². The largest absolute Gasteiger partial charge is 0.416 e. The summed E-state index contributed by atoms with van der Waals surface area (Å²) in [6.45, 7) is 0.186. The molecule has 0 spiro atoms. The van der Waals surface area contributed by atoms with E-state index in [1.165, 1.54) is 12.4 Å². The summed E-state index contributed by atoms with van der Waals surface area (Å²) >= 11 is 2.31. The molecule has 1 heterocycles. The number of alkyl halides is 3. The van der Waals surface area contributed by atoms with Crippen LogP contribution in [0.4, 0.5) is 13.2 Å². The number of nitrogens with zero attached hydrogens (tertiary/aromatic N) is 2. The molecule has 0 saturated carbocycles. The van der Waals surface area contributed by atoms with Gasteiger partial charge < -0.3 is 5.73 Å². The third-order valence-electron chi connectivity index (χ3n) is 2.35. The first kappa shape index (κ1) is 14.3. The van der Waals surface area contributed by atoms with Crippen molar-refractivity contribution in [2.75, 3.05) is 6.54 Å². The summed E-state index contributed by atoms with van der Waals surface area (Å²) in [5.41, 5.74) is 4.92. The number of benzene rings is 1. The van der Waals surface area contributed by atoms with E-state index in [2.05, 4.69) is 9.36 Å². The first-order chi connectivity index (χ1) is 9.00. The van der Waals surface area contributed by atoms with Gasteiger partial charge in [0.2, 0.25) is 0 Å². The van der Waals surface area contributed by atoms with Crippen molar-refractivity contribution in [2.45, 2.75) is 21.8 Å². The maximum Gasteiger partial charge on any atom is 0.416 e. The topological polar surface area (TPSA) is 51.8 Å². The zero-order valence-electron chi connectivity index (χ0n) is 9.65. The van der Waals surface area contributed by atoms with E-state index in [1.807, 2.05) is 0 Å². The van der Waals surface area contributed by atoms with Crippen molar-refractivity contribution in [1.82, 2.24) is 9.36 Å². The second kappa shape index (κ2) is 5.89. The lowest BCUT2D eigenvalue weighted by molar-refractivity contribution is -0.138. The Morgan fingerprint density at radius 2 is 2.11 bits per heavy atom. The fraction of sp³-hybridized carbons (Fsp3) is 0.273. The zero-order valence-corrected chi connectivity index (χ0v) is 11.3. The predicted octanol–water partition coefficient (Wildman–Crippen LogP) is 3.21. The molecule has 8 heteroatoms. The quantitative estimate of drug-likeness (QED) is 0.942. The molecule has 0 saturated heterocycles. The maximum absolute atomic E-state index is 13.0. The number of rotatable bonds is 4. The number of halogens is 3. The minimum atomic E-state index is -4.37. The van der Waals surface area contributed by atoms with Crippen LogP contribution in [0.5, 0.6) is 0 Å². The minimum Gasteiger partial charge on any atom is -0.330 e. The molecule has 0 aliphatic rings. The molecule has 2 aromatic rings. The predicted molar refractivity (Wildman–Crippen MR) is 68.2 cm³/mol. The first-order valence-corrected chi connectivity index (χ1v) is 6.94. The van der Waals surface area contributed by atoms with Crippen molar-refractivity contribution < 1.29 is 13.2 Å². The summed E-state index contributed by atoms with van der Waals surface area (Å²) in [6.07, 6.45) is -2.79. The molecule has 1 aromatic carbocycles. The molecule has 2 N–H and O–H groups in total. The number of hydrogen-bond acceptors (Lipinski definition) is 5. The summed E-state index contributed by atoms with van der Waals surface area (Å²) in [7, 11) is 0. The average molecular weight is 305 g/mol. The highest BCUT2D eigenvalue weighted by molar-refractivity contribution is 8.01. The standard InChI is InChI=1S/C11H10F3N3S2/c12-11(13,14)9-5-8(2-1-7(9)3-4-15)18-10-16-6-17-19-10/h1-2,5-6H,3-4,15H2. The van der Waals surface area contributed by atoms with Crippen LogP contribution < -0.4 is 5.73 Å². The van der Waals surface area contributed by atoms with Gasteiger partial charge in [-0.05, 0) is 42.2 Å². The monoisotopic (exact) mass is 305 g/mol. The van der Waals surface area contributed by atoms with Crippen LogP contribution in [0.1, 0.15) is 11.1 Å². The van der Waals surface area contributed by atoms with Crippen molar-refractivity contribution in [3.8, 4) is 0 Å². The summed E-state index contributed by atoms with van der Waals surface area (Å²) < 4.78 is 43.3. The van der Waals surface area contributed by atoms with Gasteiger partial charge in [-0.3, -0.25) is 0 Å². The SMILES string of the molecule is NCCc1ccc(Sc2ncns2)cc1C(F)(F)F. The van der Waals surface area contributed by atoms with E-state index < -0.39 is 11.7 Å². The molecule has 0 radical (unpaired) electrons. The van der Waals surface area contributed by atoms with E-state index in [4.69, 9.17) is 5.73 Å². The van der Waals surface area contributed by atoms with Gasteiger partial charge in [0.25, 0.3) is 0 Å². The van der Waals surface area contributed by atoms with Crippen molar-refractivity contribution in [2.24, 2.45) is 5.73 Å². The molecule has 102 valence electrons. The van der Waals surface area contributed by atoms with Crippen molar-refractivity contribution >= 4 is 23.3 Å². The molecule has 0 bridgehead atoms. The van der Waals surface area contributed by atoms with Gasteiger partial charge in [-0.25, -0.2) is 4.98 Å². The lowest BCUT2D eigenvalue weighted by Crippen LogP contribution is -2.12. The van der Waals surface area contributed by atoms with Crippen molar-refractivity contribution in [3.05, 3.63) is 35.7 Å². The number of nitrogens with two attached hydrogens (primary N) is 1. The summed E-state index contributed by atoms with van der Waals surface area (Å²) in [5.74, 6) is 0. The van der Waals surface area contributed by atoms with Crippen LogP contribution in [-0.4, -0.2) is 15.9 Å². The van der Waals surface area contributed by atoms with Gasteiger partial charge in [-0.2, -0.15) is 17.5 Å². The minimum absolute atomic E-state index is 0.186. The zero-order chi connectivity index (χ0) is 13.9. The molecule has 0 fully saturated rings. The van der Waals surface area contributed by atoms with Crippen LogP contribution in [0, 0.1) is 0 Å². The van der Waals surface area contributed by atoms with Gasteiger partial charge in [-0.15, -0.1) is 0 Å². The van der Waals surface area contributed by atoms with Gasteiger partial charge in [0.15, 0.2) is 4.34 Å². The van der Waals surface area contributed by atoms with E-state index in [9.17, 15) is 13.2 Å². The summed E-state index contributed by atoms with van der Waals surface area (Å²) in [6, 6.07) is 4.25. The Balaban J connectivity index is 2.32. The van der Waals surface area contributed by atoms with Crippen molar-refractivity contribution in [1.29, 1.82) is 0 Å². The highest BCUT2D eigenvalue weighted by Crippen LogP contribution is 2.36. The molecule has 0 atom stereocenters. The van der Waals surface area contributed by atoms with E-state index >= 15 is 0 Å². The number of aromatic nitrogens is 2. The Morgan fingerprint density at radius 3 is 2.68 bits per heavy atom. The molecule has 0 unspecified atom stereocenters. The molecule has 0 amide bonds. The maximum atomic E-state index is 13.0. The van der Waals surface area contributed by atoms with E-state index in [0.717, 1.165) is 29.4 Å². The van der Waals surface area contributed by atoms with Gasteiger partial charge >= 0.3 is 6.18 Å². The Morgan fingerprint density at radius 1 is 1.32 bits per heavy atom. The Kier molecular flexibility index (Phi) is 4.43. The van der Waals surface area contributed by atoms with Gasteiger partial charge in [0.1, 0.15) is 6.33 Å². The fourth-order valence-electron chi connectivity index (χ4n) is 1.57. The molecule has 3 nitrogen and oxygen atoms in total. The van der Waals surface area contributed by atoms with Crippen LogP contribution in [0.3, 0.4) is 0 Å². The van der Waals surface area contributed by atoms with Crippen LogP contribution in [0.15, 0.2) is 33.8 Å². The number of hydrogen-bond donors (Lipinski definition) is 1. The van der Waals surface area contributed by atoms with Crippen LogP contribution in [-0.2, 0) is 12.6 Å². The molecular formula is C11H10F3N3S2. The van der Waals surface area contributed by atoms with Gasteiger partial charge in [-0.1, -0.05) is 17.8 Å². The van der Waals surface area contributed by atoms with E-state index in [-0.39, 0.29) is 18.5 Å². The molecule has 0 aliphatic carbocycles. The smallest absolute Gasteiger partial charge is 0.330 e. The van der Waals surface area contributed by atoms with Crippen LogP contribution in [0.25, 0.3) is 0 Å². The normalized spacial score (nSPS) is 11.8. The van der Waals surface area contributed by atoms with Crippen molar-refractivity contribution in [3.63, 3.8) is 0 Å². The average Bonchev–Trinajstić information content (AvgIpc) is 2.83. The van der Waals surface area contributed by atoms with Crippen LogP contribution >= 0.6 is 23.3 Å². The third kappa shape index (κ3) is 3.68. The van der Waals surface area contributed by atoms with E-state index in [0.29, 0.717) is 9.24 Å². The Labute approximate surface area is 116 Å². The molecule has 19 heavy (non-hydrogen) atoms. The third-order valence-corrected chi connectivity index (χ3v) is 4.05. The molecule has 0 aliphatic heterocycles. The lowest BCUT2D eigenvalue weighted by Gasteiger charge is -2.13. The second-order valence-corrected chi connectivity index (χ2v) is 5.77. The summed E-state index contributed by atoms with van der Waals surface area (Å²) in [4.78, 5) is 4.42. The van der Waals surface area contributed by atoms with Gasteiger partial charge in [0.05, 0.1) is 5.56 Å². The van der Waals surface area contributed by atoms with E-state index in [1.54, 1.807) is 6.07 Å². The first-order valence-electron chi connectivity index (χ1n) is 5.35. The second-order valence-electron chi connectivity index (χ2n) is 3.66. The Bertz CT molecular complexity index is 541. The molecular weight excluding hydrogens is 295 g/mol. The molecule has 1 aromatic heterocycles. The molecule has 2 rings (SSSR count). The Hall–Kier alpha value is -1.12. The summed E-state index contributed by atoms with van der Waals surface area (Å²) in [5, 5.41) is 0. The highest BCUT2D eigenvalue weighted by atomic mass is 32.2. The fourth-order valence-corrected chi connectivity index (χ4v) is 3.03. The van der Waals surface area contributed by atoms with Crippen LogP contribution in [0.2, 0.25) is 0 Å².